The number of fused-ring (bicyclic) bond motifs is 1. The summed E-state index contributed by atoms with van der Waals surface area (Å²) in [4.78, 5) is 27.2. The summed E-state index contributed by atoms with van der Waals surface area (Å²) in [6.07, 6.45) is 3.09. The lowest BCUT2D eigenvalue weighted by Gasteiger charge is -2.38. The molecule has 0 fully saturated rings. The summed E-state index contributed by atoms with van der Waals surface area (Å²) in [6, 6.07) is 7.79. The Morgan fingerprint density at radius 3 is 2.52 bits per heavy atom. The van der Waals surface area contributed by atoms with E-state index in [1.165, 1.54) is 0 Å². The summed E-state index contributed by atoms with van der Waals surface area (Å²) in [6.45, 7) is 10.1. The van der Waals surface area contributed by atoms with E-state index in [0.717, 1.165) is 51.8 Å². The third-order valence-electron chi connectivity index (χ3n) is 6.02. The zero-order valence-corrected chi connectivity index (χ0v) is 18.5. The minimum absolute atomic E-state index is 0.106. The van der Waals surface area contributed by atoms with E-state index in [4.69, 9.17) is 5.10 Å². The van der Waals surface area contributed by atoms with Crippen molar-refractivity contribution in [1.82, 2.24) is 24.7 Å². The summed E-state index contributed by atoms with van der Waals surface area (Å²) < 4.78 is 1.77. The van der Waals surface area contributed by atoms with E-state index in [0.29, 0.717) is 12.4 Å². The molecule has 31 heavy (non-hydrogen) atoms. The predicted octanol–water partition coefficient (Wildman–Crippen LogP) is 4.18. The van der Waals surface area contributed by atoms with Crippen LogP contribution in [0.15, 0.2) is 41.7 Å². The highest BCUT2D eigenvalue weighted by atomic mass is 16.1. The second-order valence-corrected chi connectivity index (χ2v) is 9.36. The van der Waals surface area contributed by atoms with Gasteiger partial charge in [0.05, 0.1) is 17.3 Å². The monoisotopic (exact) mass is 414 g/mol. The number of carbonyl (C=O) groups is 1. The molecular weight excluding hydrogens is 388 g/mol. The number of aromatic nitrogens is 5. The van der Waals surface area contributed by atoms with Crippen LogP contribution in [-0.2, 0) is 4.79 Å². The van der Waals surface area contributed by atoms with Crippen molar-refractivity contribution in [3.8, 4) is 5.95 Å². The molecule has 2 aliphatic rings. The second-order valence-electron chi connectivity index (χ2n) is 9.36. The van der Waals surface area contributed by atoms with E-state index in [2.05, 4.69) is 34.1 Å². The maximum atomic E-state index is 13.3. The lowest BCUT2D eigenvalue weighted by atomic mass is 9.70. The number of anilines is 1. The van der Waals surface area contributed by atoms with E-state index >= 15 is 0 Å². The molecule has 7 nitrogen and oxygen atoms in total. The molecule has 3 aromatic heterocycles. The molecule has 158 valence electrons. The van der Waals surface area contributed by atoms with Crippen molar-refractivity contribution in [2.24, 2.45) is 5.41 Å². The third-order valence-corrected chi connectivity index (χ3v) is 6.02. The van der Waals surface area contributed by atoms with Crippen LogP contribution in [-0.4, -0.2) is 30.5 Å². The first-order chi connectivity index (χ1) is 14.7. The Bertz CT molecular complexity index is 1220. The average Bonchev–Trinajstić information content (AvgIpc) is 3.01. The Balaban J connectivity index is 1.76. The number of Topliss-reactive ketones (excluding diaryl/α,β-unsaturated/α-hetero) is 1. The molecule has 7 heteroatoms. The van der Waals surface area contributed by atoms with Crippen molar-refractivity contribution in [2.45, 2.75) is 53.4 Å². The number of pyridine rings is 1. The maximum Gasteiger partial charge on any atom is 0.252 e. The number of carbonyl (C=O) groups excluding carboxylic acids is 1. The average molecular weight is 415 g/mol. The van der Waals surface area contributed by atoms with Crippen LogP contribution in [0.1, 0.15) is 60.9 Å². The molecule has 0 bridgehead atoms. The first-order valence-corrected chi connectivity index (χ1v) is 10.6. The van der Waals surface area contributed by atoms with Gasteiger partial charge < -0.3 is 5.32 Å². The Morgan fingerprint density at radius 1 is 1.10 bits per heavy atom. The molecule has 1 aliphatic heterocycles. The maximum absolute atomic E-state index is 13.3. The number of hydrogen-bond donors (Lipinski definition) is 1. The normalized spacial score (nSPS) is 19.6. The molecule has 0 spiro atoms. The molecule has 0 unspecified atom stereocenters. The third kappa shape index (κ3) is 3.24. The molecule has 0 aromatic carbocycles. The minimum atomic E-state index is -0.254. The highest BCUT2D eigenvalue weighted by Crippen LogP contribution is 2.49. The molecular formula is C24H26N6O. The molecule has 0 amide bonds. The van der Waals surface area contributed by atoms with Gasteiger partial charge >= 0.3 is 0 Å². The van der Waals surface area contributed by atoms with Crippen LogP contribution in [0.5, 0.6) is 0 Å². The molecule has 1 N–H and O–H groups in total. The van der Waals surface area contributed by atoms with Gasteiger partial charge in [-0.25, -0.2) is 9.97 Å². The number of nitrogens with one attached hydrogen (secondary N) is 1. The SMILES string of the molecule is Cc1cc(C)nc(-n2nc(C)c3c2NC2=C(C(=O)CC(C)(C)C2)[C@@H]3c2ccccn2)n1. The second kappa shape index (κ2) is 6.83. The number of hydrogen-bond acceptors (Lipinski definition) is 6. The van der Waals surface area contributed by atoms with Crippen molar-refractivity contribution >= 4 is 11.6 Å². The van der Waals surface area contributed by atoms with Crippen LogP contribution in [0.3, 0.4) is 0 Å². The van der Waals surface area contributed by atoms with Crippen molar-refractivity contribution in [2.75, 3.05) is 5.32 Å². The van der Waals surface area contributed by atoms with Gasteiger partial charge in [0, 0.05) is 40.8 Å². The fraction of sp³-hybridized carbons (Fsp3) is 0.375. The zero-order chi connectivity index (χ0) is 21.9. The highest BCUT2D eigenvalue weighted by Gasteiger charge is 2.43. The van der Waals surface area contributed by atoms with Crippen molar-refractivity contribution < 1.29 is 4.79 Å². The van der Waals surface area contributed by atoms with Crippen molar-refractivity contribution in [3.63, 3.8) is 0 Å². The molecule has 1 aliphatic carbocycles. The Hall–Kier alpha value is -3.35. The van der Waals surface area contributed by atoms with Gasteiger partial charge in [-0.05, 0) is 50.8 Å². The Labute approximate surface area is 181 Å². The lowest BCUT2D eigenvalue weighted by molar-refractivity contribution is -0.118. The van der Waals surface area contributed by atoms with Crippen molar-refractivity contribution in [3.05, 3.63) is 70.1 Å². The zero-order valence-electron chi connectivity index (χ0n) is 18.5. The summed E-state index contributed by atoms with van der Waals surface area (Å²) in [7, 11) is 0. The number of nitrogens with zero attached hydrogens (tertiary/aromatic N) is 5. The van der Waals surface area contributed by atoms with Gasteiger partial charge in [0.15, 0.2) is 5.78 Å². The van der Waals surface area contributed by atoms with Gasteiger partial charge in [0.25, 0.3) is 5.95 Å². The molecule has 4 heterocycles. The van der Waals surface area contributed by atoms with Gasteiger partial charge in [-0.1, -0.05) is 19.9 Å². The molecule has 5 rings (SSSR count). The van der Waals surface area contributed by atoms with Gasteiger partial charge in [0.1, 0.15) is 5.82 Å². The molecule has 0 saturated heterocycles. The Kier molecular flexibility index (Phi) is 4.32. The summed E-state index contributed by atoms with van der Waals surface area (Å²) in [5, 5.41) is 8.37. The molecule has 0 saturated carbocycles. The van der Waals surface area contributed by atoms with Crippen molar-refractivity contribution in [1.29, 1.82) is 0 Å². The van der Waals surface area contributed by atoms with Gasteiger partial charge in [-0.15, -0.1) is 0 Å². The van der Waals surface area contributed by atoms with Gasteiger partial charge in [-0.2, -0.15) is 9.78 Å². The van der Waals surface area contributed by atoms with Crippen LogP contribution in [0, 0.1) is 26.2 Å². The lowest BCUT2D eigenvalue weighted by Crippen LogP contribution is -2.34. The minimum Gasteiger partial charge on any atom is -0.343 e. The van der Waals surface area contributed by atoms with Crippen LogP contribution in [0.2, 0.25) is 0 Å². The number of ketones is 1. The highest BCUT2D eigenvalue weighted by molar-refractivity contribution is 6.01. The van der Waals surface area contributed by atoms with E-state index in [9.17, 15) is 4.79 Å². The van der Waals surface area contributed by atoms with E-state index in [-0.39, 0.29) is 17.1 Å². The number of allylic oxidation sites excluding steroid dienone is 2. The first-order valence-electron chi connectivity index (χ1n) is 10.6. The first kappa shape index (κ1) is 19.6. The van der Waals surface area contributed by atoms with Crippen LogP contribution >= 0.6 is 0 Å². The van der Waals surface area contributed by atoms with E-state index in [1.807, 2.05) is 45.0 Å². The topological polar surface area (TPSA) is 85.6 Å². The summed E-state index contributed by atoms with van der Waals surface area (Å²) in [5.41, 5.74) is 6.09. The molecule has 0 radical (unpaired) electrons. The molecule has 3 aromatic rings. The number of aryl methyl sites for hydroxylation is 3. The Morgan fingerprint density at radius 2 is 1.84 bits per heavy atom. The fourth-order valence-corrected chi connectivity index (χ4v) is 4.86. The van der Waals surface area contributed by atoms with Gasteiger partial charge in [0.2, 0.25) is 0 Å². The van der Waals surface area contributed by atoms with E-state index in [1.54, 1.807) is 10.9 Å². The largest absolute Gasteiger partial charge is 0.343 e. The van der Waals surface area contributed by atoms with Crippen LogP contribution in [0.4, 0.5) is 5.82 Å². The summed E-state index contributed by atoms with van der Waals surface area (Å²) in [5.74, 6) is 1.27. The standard InChI is InChI=1S/C24H26N6O/c1-13-10-14(2)27-23(26-13)30-22-19(15(3)29-30)21(16-8-6-7-9-25-16)20-17(28-22)11-24(4,5)12-18(20)31/h6-10,21,28H,11-12H2,1-5H3/t21-/m1/s1. The van der Waals surface area contributed by atoms with Crippen LogP contribution in [0.25, 0.3) is 5.95 Å². The van der Waals surface area contributed by atoms with Gasteiger partial charge in [-0.3, -0.25) is 9.78 Å². The predicted molar refractivity (Wildman–Crippen MR) is 118 cm³/mol. The van der Waals surface area contributed by atoms with E-state index < -0.39 is 0 Å². The molecule has 1 atom stereocenters. The summed E-state index contributed by atoms with van der Waals surface area (Å²) >= 11 is 0. The quantitative estimate of drug-likeness (QED) is 0.677. The fourth-order valence-electron chi connectivity index (χ4n) is 4.86. The smallest absolute Gasteiger partial charge is 0.252 e. The van der Waals surface area contributed by atoms with Crippen LogP contribution < -0.4 is 5.32 Å². The number of rotatable bonds is 2.